The summed E-state index contributed by atoms with van der Waals surface area (Å²) in [7, 11) is 0. The molecule has 8 heteroatoms. The van der Waals surface area contributed by atoms with E-state index in [0.717, 1.165) is 24.5 Å². The molecule has 2 heterocycles. The molecule has 0 aliphatic carbocycles. The summed E-state index contributed by atoms with van der Waals surface area (Å²) in [5.41, 5.74) is 2.02. The lowest BCUT2D eigenvalue weighted by Gasteiger charge is -2.35. The number of nitrogens with zero attached hydrogens (tertiary/aromatic N) is 3. The Labute approximate surface area is 199 Å². The van der Waals surface area contributed by atoms with Crippen molar-refractivity contribution < 1.29 is 23.9 Å². The number of hydrogen-bond donors (Lipinski definition) is 0. The lowest BCUT2D eigenvalue weighted by molar-refractivity contribution is -0.160. The summed E-state index contributed by atoms with van der Waals surface area (Å²) in [6.45, 7) is 5.28. The van der Waals surface area contributed by atoms with Gasteiger partial charge in [-0.25, -0.2) is 0 Å². The van der Waals surface area contributed by atoms with Crippen molar-refractivity contribution in [2.24, 2.45) is 0 Å². The summed E-state index contributed by atoms with van der Waals surface area (Å²) in [5, 5.41) is 0. The molecule has 0 saturated carbocycles. The van der Waals surface area contributed by atoms with Crippen LogP contribution in [0, 0.1) is 0 Å². The Morgan fingerprint density at radius 2 is 1.47 bits per heavy atom. The molecular formula is C26H29N3O5. The second-order valence-electron chi connectivity index (χ2n) is 8.63. The number of esters is 1. The number of carbonyl (C=O) groups excluding carboxylic acids is 4. The molecule has 2 aromatic carbocycles. The third-order valence-corrected chi connectivity index (χ3v) is 6.23. The maximum absolute atomic E-state index is 12.7. The molecule has 0 spiro atoms. The Bertz CT molecular complexity index is 1030. The van der Waals surface area contributed by atoms with Crippen molar-refractivity contribution in [2.45, 2.75) is 32.4 Å². The number of ether oxygens (including phenoxy) is 1. The smallest absolute Gasteiger partial charge is 0.306 e. The van der Waals surface area contributed by atoms with Gasteiger partial charge in [-0.15, -0.1) is 0 Å². The highest BCUT2D eigenvalue weighted by Gasteiger charge is 2.34. The first-order chi connectivity index (χ1) is 16.4. The quantitative estimate of drug-likeness (QED) is 0.441. The number of piperazine rings is 1. The molecule has 2 aromatic rings. The van der Waals surface area contributed by atoms with Crippen LogP contribution in [0.2, 0.25) is 0 Å². The van der Waals surface area contributed by atoms with Gasteiger partial charge in [0, 0.05) is 45.7 Å². The van der Waals surface area contributed by atoms with Gasteiger partial charge in [-0.2, -0.15) is 0 Å². The van der Waals surface area contributed by atoms with E-state index in [1.54, 1.807) is 36.1 Å². The molecule has 0 unspecified atom stereocenters. The summed E-state index contributed by atoms with van der Waals surface area (Å²) >= 11 is 0. The van der Waals surface area contributed by atoms with E-state index in [4.69, 9.17) is 4.74 Å². The van der Waals surface area contributed by atoms with E-state index in [2.05, 4.69) is 17.0 Å². The molecule has 2 aliphatic rings. The highest BCUT2D eigenvalue weighted by Crippen LogP contribution is 2.22. The first kappa shape index (κ1) is 23.6. The summed E-state index contributed by atoms with van der Waals surface area (Å²) in [6, 6.07) is 16.9. The fourth-order valence-electron chi connectivity index (χ4n) is 4.36. The summed E-state index contributed by atoms with van der Waals surface area (Å²) in [5.74, 6) is -1.40. The number of benzene rings is 2. The largest absolute Gasteiger partial charge is 0.453 e. The van der Waals surface area contributed by atoms with Gasteiger partial charge in [-0.3, -0.25) is 29.0 Å². The molecule has 0 bridgehead atoms. The minimum Gasteiger partial charge on any atom is -0.453 e. The molecule has 2 aliphatic heterocycles. The maximum Gasteiger partial charge on any atom is 0.306 e. The maximum atomic E-state index is 12.7. The number of fused-ring (bicyclic) bond motifs is 1. The van der Waals surface area contributed by atoms with Crippen LogP contribution in [0.3, 0.4) is 0 Å². The molecule has 0 radical (unpaired) electrons. The number of rotatable bonds is 8. The Hall–Kier alpha value is -3.52. The molecule has 0 aromatic heterocycles. The van der Waals surface area contributed by atoms with Gasteiger partial charge < -0.3 is 9.64 Å². The predicted octanol–water partition coefficient (Wildman–Crippen LogP) is 2.34. The first-order valence-electron chi connectivity index (χ1n) is 11.6. The third kappa shape index (κ3) is 5.34. The zero-order chi connectivity index (χ0) is 24.1. The minimum atomic E-state index is -0.868. The fourth-order valence-corrected chi connectivity index (χ4v) is 4.36. The van der Waals surface area contributed by atoms with Gasteiger partial charge in [0.15, 0.2) is 6.10 Å². The van der Waals surface area contributed by atoms with E-state index in [1.165, 1.54) is 5.56 Å². The van der Waals surface area contributed by atoms with Crippen molar-refractivity contribution in [3.05, 3.63) is 71.3 Å². The van der Waals surface area contributed by atoms with Gasteiger partial charge in [0.05, 0.1) is 11.1 Å². The van der Waals surface area contributed by atoms with Crippen molar-refractivity contribution in [1.29, 1.82) is 0 Å². The highest BCUT2D eigenvalue weighted by molar-refractivity contribution is 6.21. The molecule has 34 heavy (non-hydrogen) atoms. The zero-order valence-corrected chi connectivity index (χ0v) is 19.3. The van der Waals surface area contributed by atoms with Crippen LogP contribution in [0.25, 0.3) is 0 Å². The Balaban J connectivity index is 1.17. The second kappa shape index (κ2) is 10.6. The van der Waals surface area contributed by atoms with E-state index >= 15 is 0 Å². The average Bonchev–Trinajstić information content (AvgIpc) is 3.09. The second-order valence-corrected chi connectivity index (χ2v) is 8.63. The molecular weight excluding hydrogens is 434 g/mol. The topological polar surface area (TPSA) is 87.2 Å². The van der Waals surface area contributed by atoms with Crippen molar-refractivity contribution in [2.75, 3.05) is 32.7 Å². The Morgan fingerprint density at radius 3 is 2.09 bits per heavy atom. The van der Waals surface area contributed by atoms with Crippen LogP contribution in [0.5, 0.6) is 0 Å². The number of carbonyl (C=O) groups is 4. The van der Waals surface area contributed by atoms with Crippen LogP contribution in [0.4, 0.5) is 0 Å². The average molecular weight is 464 g/mol. The van der Waals surface area contributed by atoms with E-state index in [-0.39, 0.29) is 37.1 Å². The van der Waals surface area contributed by atoms with Crippen LogP contribution < -0.4 is 0 Å². The standard InChI is InChI=1S/C26H29N3O5/c1-19(24(31)28-16-14-27(15-17-28)18-20-8-3-2-4-9-20)34-23(30)12-7-13-29-25(32)21-10-5-6-11-22(21)26(29)33/h2-6,8-11,19H,7,12-18H2,1H3/t19-/m0/s1. The lowest BCUT2D eigenvalue weighted by Crippen LogP contribution is -2.51. The van der Waals surface area contributed by atoms with Gasteiger partial charge in [0.1, 0.15) is 0 Å². The summed E-state index contributed by atoms with van der Waals surface area (Å²) in [4.78, 5) is 54.9. The zero-order valence-electron chi connectivity index (χ0n) is 19.3. The van der Waals surface area contributed by atoms with Gasteiger partial charge in [-0.05, 0) is 31.0 Å². The first-order valence-corrected chi connectivity index (χ1v) is 11.6. The molecule has 1 saturated heterocycles. The Kier molecular flexibility index (Phi) is 7.37. The van der Waals surface area contributed by atoms with Crippen molar-refractivity contribution in [1.82, 2.24) is 14.7 Å². The molecule has 178 valence electrons. The van der Waals surface area contributed by atoms with E-state index in [1.807, 2.05) is 18.2 Å². The number of amides is 3. The predicted molar refractivity (Wildman–Crippen MR) is 125 cm³/mol. The van der Waals surface area contributed by atoms with Crippen LogP contribution in [0.1, 0.15) is 46.0 Å². The molecule has 8 nitrogen and oxygen atoms in total. The van der Waals surface area contributed by atoms with Gasteiger partial charge in [0.25, 0.3) is 17.7 Å². The van der Waals surface area contributed by atoms with Crippen molar-refractivity contribution in [3.8, 4) is 0 Å². The van der Waals surface area contributed by atoms with Gasteiger partial charge in [-0.1, -0.05) is 42.5 Å². The SMILES string of the molecule is C[C@H](OC(=O)CCCN1C(=O)c2ccccc2C1=O)C(=O)N1CCN(Cc2ccccc2)CC1. The monoisotopic (exact) mass is 463 g/mol. The summed E-state index contributed by atoms with van der Waals surface area (Å²) < 4.78 is 5.34. The third-order valence-electron chi connectivity index (χ3n) is 6.23. The van der Waals surface area contributed by atoms with Crippen LogP contribution in [0.15, 0.2) is 54.6 Å². The summed E-state index contributed by atoms with van der Waals surface area (Å²) in [6.07, 6.45) is -0.563. The fraction of sp³-hybridized carbons (Fsp3) is 0.385. The molecule has 1 fully saturated rings. The van der Waals surface area contributed by atoms with Gasteiger partial charge >= 0.3 is 5.97 Å². The minimum absolute atomic E-state index is 0.0237. The van der Waals surface area contributed by atoms with Crippen LogP contribution in [-0.4, -0.2) is 77.2 Å². The number of imide groups is 1. The molecule has 0 N–H and O–H groups in total. The van der Waals surface area contributed by atoms with Crippen molar-refractivity contribution >= 4 is 23.7 Å². The normalized spacial score (nSPS) is 17.0. The van der Waals surface area contributed by atoms with E-state index in [0.29, 0.717) is 24.2 Å². The highest BCUT2D eigenvalue weighted by atomic mass is 16.5. The molecule has 3 amide bonds. The van der Waals surface area contributed by atoms with Crippen LogP contribution >= 0.6 is 0 Å². The molecule has 4 rings (SSSR count). The van der Waals surface area contributed by atoms with Gasteiger partial charge in [0.2, 0.25) is 0 Å². The van der Waals surface area contributed by atoms with Crippen molar-refractivity contribution in [3.63, 3.8) is 0 Å². The Morgan fingerprint density at radius 1 is 0.882 bits per heavy atom. The van der Waals surface area contributed by atoms with Crippen LogP contribution in [-0.2, 0) is 20.9 Å². The van der Waals surface area contributed by atoms with E-state index < -0.39 is 12.1 Å². The molecule has 1 atom stereocenters. The van der Waals surface area contributed by atoms with E-state index in [9.17, 15) is 19.2 Å². The lowest BCUT2D eigenvalue weighted by atomic mass is 10.1. The number of hydrogen-bond acceptors (Lipinski definition) is 6.